The van der Waals surface area contributed by atoms with Gasteiger partial charge in [-0.25, -0.2) is 0 Å². The van der Waals surface area contributed by atoms with Crippen LogP contribution in [0.2, 0.25) is 0 Å². The number of hydrogen-bond donors (Lipinski definition) is 2. The second kappa shape index (κ2) is 7.71. The molecule has 0 heterocycles. The van der Waals surface area contributed by atoms with E-state index < -0.39 is 6.10 Å². The molecule has 1 amide bonds. The molecule has 0 radical (unpaired) electrons. The fourth-order valence-electron chi connectivity index (χ4n) is 2.72. The lowest BCUT2D eigenvalue weighted by Gasteiger charge is -2.22. The third kappa shape index (κ3) is 4.38. The summed E-state index contributed by atoms with van der Waals surface area (Å²) in [5.41, 5.74) is 5.74. The molecule has 21 heavy (non-hydrogen) atoms. The Morgan fingerprint density at radius 2 is 2.14 bits per heavy atom. The summed E-state index contributed by atoms with van der Waals surface area (Å²) < 4.78 is 5.70. The van der Waals surface area contributed by atoms with Gasteiger partial charge in [0.2, 0.25) is 0 Å². The maximum absolute atomic E-state index is 12.2. The molecule has 0 aliphatic heterocycles. The van der Waals surface area contributed by atoms with Crippen LogP contribution in [-0.4, -0.2) is 30.9 Å². The lowest BCUT2D eigenvalue weighted by molar-refractivity contribution is -0.128. The molecule has 0 saturated heterocycles. The number of thioether (sulfide) groups is 1. The van der Waals surface area contributed by atoms with Crippen LogP contribution in [0.4, 0.5) is 0 Å². The van der Waals surface area contributed by atoms with Gasteiger partial charge in [0.1, 0.15) is 5.75 Å². The first-order valence-corrected chi connectivity index (χ1v) is 8.67. The first kappa shape index (κ1) is 16.2. The Hall–Kier alpha value is -1.20. The van der Waals surface area contributed by atoms with E-state index in [1.807, 2.05) is 30.5 Å². The van der Waals surface area contributed by atoms with Crippen molar-refractivity contribution >= 4 is 17.7 Å². The number of amides is 1. The molecule has 0 spiro atoms. The first-order chi connectivity index (χ1) is 10.1. The zero-order chi connectivity index (χ0) is 15.2. The highest BCUT2D eigenvalue weighted by Crippen LogP contribution is 2.25. The van der Waals surface area contributed by atoms with Gasteiger partial charge in [0.25, 0.3) is 5.91 Å². The summed E-state index contributed by atoms with van der Waals surface area (Å²) in [6.45, 7) is 2.42. The van der Waals surface area contributed by atoms with E-state index in [0.29, 0.717) is 12.5 Å². The van der Waals surface area contributed by atoms with E-state index in [0.717, 1.165) is 25.0 Å². The van der Waals surface area contributed by atoms with Crippen LogP contribution in [0.5, 0.6) is 5.75 Å². The van der Waals surface area contributed by atoms with Gasteiger partial charge in [-0.3, -0.25) is 4.79 Å². The molecule has 3 N–H and O–H groups in total. The van der Waals surface area contributed by atoms with Crippen molar-refractivity contribution in [2.75, 3.05) is 12.8 Å². The number of carbonyl (C=O) groups excluding carboxylic acids is 1. The van der Waals surface area contributed by atoms with Crippen molar-refractivity contribution in [3.63, 3.8) is 0 Å². The SMILES string of the molecule is CSc1ccc(OC(C)C(=O)NC2CCCC2CN)cc1. The first-order valence-electron chi connectivity index (χ1n) is 7.45. The molecule has 0 aromatic heterocycles. The van der Waals surface area contributed by atoms with Crippen molar-refractivity contribution in [3.8, 4) is 5.75 Å². The Morgan fingerprint density at radius 1 is 1.43 bits per heavy atom. The summed E-state index contributed by atoms with van der Waals surface area (Å²) >= 11 is 1.68. The van der Waals surface area contributed by atoms with E-state index in [1.165, 1.54) is 4.90 Å². The van der Waals surface area contributed by atoms with Gasteiger partial charge in [-0.1, -0.05) is 6.42 Å². The lowest BCUT2D eigenvalue weighted by Crippen LogP contribution is -2.45. The number of hydrogen-bond acceptors (Lipinski definition) is 4. The Labute approximate surface area is 130 Å². The van der Waals surface area contributed by atoms with Crippen molar-refractivity contribution in [3.05, 3.63) is 24.3 Å². The summed E-state index contributed by atoms with van der Waals surface area (Å²) in [5.74, 6) is 1.06. The number of nitrogens with two attached hydrogens (primary N) is 1. The molecule has 0 bridgehead atoms. The molecular formula is C16H24N2O2S. The summed E-state index contributed by atoms with van der Waals surface area (Å²) in [5, 5.41) is 3.07. The summed E-state index contributed by atoms with van der Waals surface area (Å²) in [4.78, 5) is 13.4. The summed E-state index contributed by atoms with van der Waals surface area (Å²) in [6, 6.07) is 7.98. The lowest BCUT2D eigenvalue weighted by atomic mass is 10.0. The van der Waals surface area contributed by atoms with E-state index in [4.69, 9.17) is 10.5 Å². The minimum atomic E-state index is -0.496. The van der Waals surface area contributed by atoms with Crippen LogP contribution < -0.4 is 15.8 Å². The fourth-order valence-corrected chi connectivity index (χ4v) is 3.13. The molecule has 1 aliphatic carbocycles. The minimum absolute atomic E-state index is 0.0608. The van der Waals surface area contributed by atoms with Crippen molar-refractivity contribution in [1.82, 2.24) is 5.32 Å². The molecule has 4 nitrogen and oxygen atoms in total. The van der Waals surface area contributed by atoms with E-state index in [-0.39, 0.29) is 11.9 Å². The third-order valence-corrected chi connectivity index (χ3v) is 4.77. The predicted molar refractivity (Wildman–Crippen MR) is 86.6 cm³/mol. The van der Waals surface area contributed by atoms with Crippen LogP contribution in [0.1, 0.15) is 26.2 Å². The van der Waals surface area contributed by atoms with Gasteiger partial charge in [0.05, 0.1) is 0 Å². The third-order valence-electron chi connectivity index (χ3n) is 4.03. The standard InChI is InChI=1S/C16H24N2O2S/c1-11(20-13-6-8-14(21-2)9-7-13)16(19)18-15-5-3-4-12(15)10-17/h6-9,11-12,15H,3-5,10,17H2,1-2H3,(H,18,19). The largest absolute Gasteiger partial charge is 0.481 e. The molecule has 1 aliphatic rings. The highest BCUT2D eigenvalue weighted by molar-refractivity contribution is 7.98. The average Bonchev–Trinajstić information content (AvgIpc) is 2.95. The van der Waals surface area contributed by atoms with Gasteiger partial charge >= 0.3 is 0 Å². The van der Waals surface area contributed by atoms with Crippen molar-refractivity contribution in [2.24, 2.45) is 11.7 Å². The molecule has 1 aromatic rings. The van der Waals surface area contributed by atoms with Gasteiger partial charge in [0, 0.05) is 10.9 Å². The molecule has 1 fully saturated rings. The van der Waals surface area contributed by atoms with Crippen molar-refractivity contribution in [2.45, 2.75) is 43.2 Å². The number of benzene rings is 1. The van der Waals surface area contributed by atoms with Crippen LogP contribution in [0.3, 0.4) is 0 Å². The summed E-state index contributed by atoms with van der Waals surface area (Å²) in [6.07, 6.45) is 4.79. The zero-order valence-electron chi connectivity index (χ0n) is 12.7. The fraction of sp³-hybridized carbons (Fsp3) is 0.562. The molecular weight excluding hydrogens is 284 g/mol. The van der Waals surface area contributed by atoms with Crippen LogP contribution in [0.15, 0.2) is 29.2 Å². The minimum Gasteiger partial charge on any atom is -0.481 e. The smallest absolute Gasteiger partial charge is 0.261 e. The van der Waals surface area contributed by atoms with Crippen LogP contribution in [0.25, 0.3) is 0 Å². The van der Waals surface area contributed by atoms with E-state index in [1.54, 1.807) is 18.7 Å². The Balaban J connectivity index is 1.86. The maximum Gasteiger partial charge on any atom is 0.261 e. The number of ether oxygens (including phenoxy) is 1. The zero-order valence-corrected chi connectivity index (χ0v) is 13.5. The maximum atomic E-state index is 12.2. The molecule has 5 heteroatoms. The van der Waals surface area contributed by atoms with Gasteiger partial charge in [-0.05, 0) is 62.7 Å². The molecule has 1 saturated carbocycles. The van der Waals surface area contributed by atoms with Crippen molar-refractivity contribution in [1.29, 1.82) is 0 Å². The normalized spacial score (nSPS) is 22.8. The van der Waals surface area contributed by atoms with E-state index >= 15 is 0 Å². The molecule has 1 aromatic carbocycles. The predicted octanol–water partition coefficient (Wildman–Crippen LogP) is 2.42. The van der Waals surface area contributed by atoms with Crippen LogP contribution >= 0.6 is 11.8 Å². The molecule has 2 rings (SSSR count). The number of rotatable bonds is 6. The topological polar surface area (TPSA) is 64.3 Å². The molecule has 3 unspecified atom stereocenters. The van der Waals surface area contributed by atoms with Crippen molar-refractivity contribution < 1.29 is 9.53 Å². The van der Waals surface area contributed by atoms with Crippen LogP contribution in [0, 0.1) is 5.92 Å². The Kier molecular flexibility index (Phi) is 5.94. The van der Waals surface area contributed by atoms with Gasteiger partial charge in [-0.15, -0.1) is 11.8 Å². The summed E-state index contributed by atoms with van der Waals surface area (Å²) in [7, 11) is 0. The van der Waals surface area contributed by atoms with E-state index in [2.05, 4.69) is 5.32 Å². The van der Waals surface area contributed by atoms with Crippen LogP contribution in [-0.2, 0) is 4.79 Å². The highest BCUT2D eigenvalue weighted by atomic mass is 32.2. The Bertz CT molecular complexity index is 464. The quantitative estimate of drug-likeness (QED) is 0.792. The molecule has 116 valence electrons. The monoisotopic (exact) mass is 308 g/mol. The van der Waals surface area contributed by atoms with Gasteiger partial charge < -0.3 is 15.8 Å². The highest BCUT2D eigenvalue weighted by Gasteiger charge is 2.29. The second-order valence-corrected chi connectivity index (χ2v) is 6.36. The van der Waals surface area contributed by atoms with Gasteiger partial charge in [0.15, 0.2) is 6.10 Å². The molecule has 3 atom stereocenters. The number of nitrogens with one attached hydrogen (secondary N) is 1. The average molecular weight is 308 g/mol. The van der Waals surface area contributed by atoms with Gasteiger partial charge in [-0.2, -0.15) is 0 Å². The number of carbonyl (C=O) groups is 1. The Morgan fingerprint density at radius 3 is 2.76 bits per heavy atom. The second-order valence-electron chi connectivity index (χ2n) is 5.48. The van der Waals surface area contributed by atoms with E-state index in [9.17, 15) is 4.79 Å².